The molecule has 2 aromatic rings. The van der Waals surface area contributed by atoms with Crippen molar-refractivity contribution in [2.45, 2.75) is 142 Å². The largest absolute Gasteiger partial charge is 0.493 e. The summed E-state index contributed by atoms with van der Waals surface area (Å²) in [5.41, 5.74) is 0.473. The van der Waals surface area contributed by atoms with E-state index < -0.39 is 11.9 Å². The minimum absolute atomic E-state index is 0.134. The molecule has 0 aliphatic rings. The van der Waals surface area contributed by atoms with Crippen LogP contribution in [0.5, 0.6) is 17.2 Å². The second-order valence-corrected chi connectivity index (χ2v) is 12.0. The van der Waals surface area contributed by atoms with Crippen LogP contribution in [0.1, 0.15) is 163 Å². The minimum atomic E-state index is -1.03. The van der Waals surface area contributed by atoms with Crippen molar-refractivity contribution in [3.63, 3.8) is 0 Å². The molecule has 6 heteroatoms. The Morgan fingerprint density at radius 2 is 0.886 bits per heavy atom. The first kappa shape index (κ1) is 37.2. The molecule has 2 rings (SSSR count). The van der Waals surface area contributed by atoms with Crippen molar-refractivity contribution in [2.24, 2.45) is 0 Å². The number of carboxylic acid groups (broad SMARTS) is 1. The highest BCUT2D eigenvalue weighted by molar-refractivity contribution is 5.92. The van der Waals surface area contributed by atoms with Crippen molar-refractivity contribution < 1.29 is 28.9 Å². The highest BCUT2D eigenvalue weighted by Crippen LogP contribution is 2.26. The van der Waals surface area contributed by atoms with Gasteiger partial charge in [-0.05, 0) is 49.2 Å². The zero-order valence-electron chi connectivity index (χ0n) is 27.6. The average molecular weight is 611 g/mol. The quantitative estimate of drug-likeness (QED) is 0.0615. The molecule has 44 heavy (non-hydrogen) atoms. The Labute approximate surface area is 266 Å². The lowest BCUT2D eigenvalue weighted by molar-refractivity contribution is 0.0696. The first-order valence-electron chi connectivity index (χ1n) is 17.5. The first-order chi connectivity index (χ1) is 21.5. The van der Waals surface area contributed by atoms with Gasteiger partial charge in [-0.1, -0.05) is 129 Å². The maximum Gasteiger partial charge on any atom is 0.343 e. The van der Waals surface area contributed by atoms with Gasteiger partial charge in [-0.2, -0.15) is 0 Å². The molecule has 2 aromatic carbocycles. The lowest BCUT2D eigenvalue weighted by Crippen LogP contribution is -2.10. The molecular formula is C38H58O6. The summed E-state index contributed by atoms with van der Waals surface area (Å²) in [6.45, 7) is 5.68. The van der Waals surface area contributed by atoms with Gasteiger partial charge in [0.1, 0.15) is 17.2 Å². The molecule has 0 aliphatic heterocycles. The summed E-state index contributed by atoms with van der Waals surface area (Å²) >= 11 is 0. The van der Waals surface area contributed by atoms with E-state index in [1.807, 2.05) is 6.07 Å². The van der Waals surface area contributed by atoms with E-state index in [4.69, 9.17) is 19.3 Å². The molecule has 0 radical (unpaired) electrons. The van der Waals surface area contributed by atoms with Crippen LogP contribution in [0.4, 0.5) is 0 Å². The molecule has 0 spiro atoms. The molecule has 0 heterocycles. The second kappa shape index (κ2) is 24.3. The van der Waals surface area contributed by atoms with Gasteiger partial charge in [-0.25, -0.2) is 9.59 Å². The van der Waals surface area contributed by atoms with Gasteiger partial charge in [-0.15, -0.1) is 0 Å². The zero-order chi connectivity index (χ0) is 31.7. The van der Waals surface area contributed by atoms with Gasteiger partial charge in [0.05, 0.1) is 24.3 Å². The van der Waals surface area contributed by atoms with E-state index in [1.165, 1.54) is 127 Å². The fraction of sp³-hybridized carbons (Fsp3) is 0.632. The van der Waals surface area contributed by atoms with E-state index in [9.17, 15) is 9.59 Å². The van der Waals surface area contributed by atoms with Crippen LogP contribution in [0, 0.1) is 0 Å². The average Bonchev–Trinajstić information content (AvgIpc) is 3.02. The number of carbonyl (C=O) groups is 2. The Bertz CT molecular complexity index is 988. The first-order valence-corrected chi connectivity index (χ1v) is 17.5. The fourth-order valence-corrected chi connectivity index (χ4v) is 5.25. The van der Waals surface area contributed by atoms with Crippen LogP contribution in [0.25, 0.3) is 0 Å². The van der Waals surface area contributed by atoms with Crippen LogP contribution in [-0.2, 0) is 0 Å². The summed E-state index contributed by atoms with van der Waals surface area (Å²) in [5.74, 6) is -0.102. The summed E-state index contributed by atoms with van der Waals surface area (Å²) in [4.78, 5) is 24.1. The van der Waals surface area contributed by atoms with Gasteiger partial charge in [0.15, 0.2) is 0 Å². The third kappa shape index (κ3) is 17.3. The van der Waals surface area contributed by atoms with Crippen LogP contribution >= 0.6 is 0 Å². The number of esters is 1. The summed E-state index contributed by atoms with van der Waals surface area (Å²) < 4.78 is 17.6. The molecule has 0 saturated carbocycles. The predicted octanol–water partition coefficient (Wildman–Crippen LogP) is 11.2. The van der Waals surface area contributed by atoms with Crippen molar-refractivity contribution in [2.75, 3.05) is 13.2 Å². The molecule has 0 aromatic heterocycles. The minimum Gasteiger partial charge on any atom is -0.493 e. The molecule has 246 valence electrons. The number of hydrogen-bond acceptors (Lipinski definition) is 5. The molecule has 0 bridgehead atoms. The van der Waals surface area contributed by atoms with Crippen molar-refractivity contribution in [3.8, 4) is 17.2 Å². The highest BCUT2D eigenvalue weighted by Gasteiger charge is 2.14. The van der Waals surface area contributed by atoms with E-state index in [1.54, 1.807) is 12.1 Å². The predicted molar refractivity (Wildman–Crippen MR) is 179 cm³/mol. The van der Waals surface area contributed by atoms with Crippen molar-refractivity contribution in [3.05, 3.63) is 53.6 Å². The van der Waals surface area contributed by atoms with E-state index in [0.29, 0.717) is 30.3 Å². The highest BCUT2D eigenvalue weighted by atomic mass is 16.5. The van der Waals surface area contributed by atoms with Crippen LogP contribution < -0.4 is 14.2 Å². The fourth-order valence-electron chi connectivity index (χ4n) is 5.25. The molecule has 0 atom stereocenters. The van der Waals surface area contributed by atoms with Gasteiger partial charge < -0.3 is 19.3 Å². The Kier molecular flexibility index (Phi) is 20.5. The number of carbonyl (C=O) groups excluding carboxylic acids is 1. The lowest BCUT2D eigenvalue weighted by Gasteiger charge is -2.13. The van der Waals surface area contributed by atoms with Gasteiger partial charge >= 0.3 is 11.9 Å². The normalized spacial score (nSPS) is 11.0. The van der Waals surface area contributed by atoms with Gasteiger partial charge in [0, 0.05) is 6.07 Å². The topological polar surface area (TPSA) is 82.1 Å². The molecular weight excluding hydrogens is 552 g/mol. The Balaban J connectivity index is 1.83. The maximum atomic E-state index is 13.0. The molecule has 6 nitrogen and oxygen atoms in total. The molecule has 0 saturated heterocycles. The molecule has 1 N–H and O–H groups in total. The molecule has 0 unspecified atom stereocenters. The third-order valence-corrected chi connectivity index (χ3v) is 7.96. The lowest BCUT2D eigenvalue weighted by atomic mass is 10.1. The van der Waals surface area contributed by atoms with E-state index in [2.05, 4.69) is 13.8 Å². The van der Waals surface area contributed by atoms with Crippen molar-refractivity contribution in [1.82, 2.24) is 0 Å². The van der Waals surface area contributed by atoms with Crippen LogP contribution in [0.2, 0.25) is 0 Å². The molecule has 0 aliphatic carbocycles. The Morgan fingerprint density at radius 1 is 0.500 bits per heavy atom. The summed E-state index contributed by atoms with van der Waals surface area (Å²) in [5, 5.41) is 9.12. The Hall–Kier alpha value is -3.02. The number of ether oxygens (including phenoxy) is 3. The maximum absolute atomic E-state index is 13.0. The van der Waals surface area contributed by atoms with Gasteiger partial charge in [0.2, 0.25) is 0 Å². The third-order valence-electron chi connectivity index (χ3n) is 7.96. The van der Waals surface area contributed by atoms with Crippen LogP contribution in [0.3, 0.4) is 0 Å². The van der Waals surface area contributed by atoms with E-state index in [0.717, 1.165) is 25.7 Å². The smallest absolute Gasteiger partial charge is 0.343 e. The van der Waals surface area contributed by atoms with E-state index >= 15 is 0 Å². The zero-order valence-corrected chi connectivity index (χ0v) is 27.6. The number of rotatable bonds is 27. The molecule has 0 amide bonds. The second-order valence-electron chi connectivity index (χ2n) is 12.0. The van der Waals surface area contributed by atoms with Crippen LogP contribution in [-0.4, -0.2) is 30.3 Å². The van der Waals surface area contributed by atoms with Gasteiger partial charge in [-0.3, -0.25) is 0 Å². The van der Waals surface area contributed by atoms with E-state index in [-0.39, 0.29) is 11.3 Å². The SMILES string of the molecule is CCCCCCCCCCCCOc1cc(OCCCCCCCCCCCC)cc(C(=O)Oc2ccc(C(=O)O)cc2)c1. The van der Waals surface area contributed by atoms with Crippen molar-refractivity contribution in [1.29, 1.82) is 0 Å². The summed E-state index contributed by atoms with van der Waals surface area (Å²) in [6, 6.07) is 11.0. The van der Waals surface area contributed by atoms with Crippen molar-refractivity contribution >= 4 is 11.9 Å². The number of aromatic carboxylic acids is 1. The summed E-state index contributed by atoms with van der Waals surface area (Å²) in [6.07, 6.45) is 25.2. The number of benzene rings is 2. The monoisotopic (exact) mass is 610 g/mol. The van der Waals surface area contributed by atoms with Gasteiger partial charge in [0.25, 0.3) is 0 Å². The summed E-state index contributed by atoms with van der Waals surface area (Å²) in [7, 11) is 0. The standard InChI is InChI=1S/C38H58O6/c1-3-5-7-9-11-13-15-17-19-21-27-42-35-29-33(38(41)44-34-25-23-32(24-26-34)37(39)40)30-36(31-35)43-28-22-20-18-16-14-12-10-8-6-4-2/h23-26,29-31H,3-22,27-28H2,1-2H3,(H,39,40). The molecule has 0 fully saturated rings. The van der Waals surface area contributed by atoms with Crippen LogP contribution in [0.15, 0.2) is 42.5 Å². The number of hydrogen-bond donors (Lipinski definition) is 1. The number of carboxylic acids is 1. The Morgan fingerprint density at radius 3 is 1.27 bits per heavy atom. The number of unbranched alkanes of at least 4 members (excludes halogenated alkanes) is 18.